The highest BCUT2D eigenvalue weighted by atomic mass is 32.1. The van der Waals surface area contributed by atoms with E-state index in [2.05, 4.69) is 40.6 Å². The third-order valence-corrected chi connectivity index (χ3v) is 5.98. The van der Waals surface area contributed by atoms with E-state index in [4.69, 9.17) is 9.84 Å². The summed E-state index contributed by atoms with van der Waals surface area (Å²) in [7, 11) is 2.12. The van der Waals surface area contributed by atoms with Gasteiger partial charge in [0.1, 0.15) is 0 Å². The molecule has 30 heavy (non-hydrogen) atoms. The van der Waals surface area contributed by atoms with E-state index in [0.29, 0.717) is 29.9 Å². The molecule has 3 rings (SSSR count). The first kappa shape index (κ1) is 22.2. The molecule has 1 atom stereocenters. The Kier molecular flexibility index (Phi) is 7.80. The van der Waals surface area contributed by atoms with Gasteiger partial charge in [0.25, 0.3) is 0 Å². The number of carbonyl (C=O) groups is 1. The van der Waals surface area contributed by atoms with Gasteiger partial charge in [0, 0.05) is 36.6 Å². The summed E-state index contributed by atoms with van der Waals surface area (Å²) in [6.07, 6.45) is 1.10. The lowest BCUT2D eigenvalue weighted by Gasteiger charge is -2.34. The molecule has 1 aliphatic heterocycles. The Hall–Kier alpha value is -2.47. The van der Waals surface area contributed by atoms with Gasteiger partial charge in [0.15, 0.2) is 17.3 Å². The lowest BCUT2D eigenvalue weighted by Crippen LogP contribution is -2.47. The first-order chi connectivity index (χ1) is 14.4. The van der Waals surface area contributed by atoms with Crippen LogP contribution in [-0.4, -0.2) is 71.7 Å². The van der Waals surface area contributed by atoms with E-state index in [9.17, 15) is 9.18 Å². The lowest BCUT2D eigenvalue weighted by atomic mass is 10.1. The standard InChI is InChI=1S/C22H26FN3O3S/c1-16(26-11-9-25(2)10-12-26)5-6-17-7-8-19(18(23)14-17)29-13-3-4-20-21(22(27)28)24-15-30-20/h7-8,14-16H,3-4,9-13H2,1-2H3,(H,27,28). The summed E-state index contributed by atoms with van der Waals surface area (Å²) in [5, 5.41) is 9.06. The van der Waals surface area contributed by atoms with E-state index in [1.807, 2.05) is 0 Å². The smallest absolute Gasteiger partial charge is 0.355 e. The largest absolute Gasteiger partial charge is 0.491 e. The number of rotatable bonds is 7. The van der Waals surface area contributed by atoms with Crippen molar-refractivity contribution < 1.29 is 19.0 Å². The zero-order valence-corrected chi connectivity index (χ0v) is 18.0. The predicted octanol–water partition coefficient (Wildman–Crippen LogP) is 2.98. The number of halogens is 1. The average molecular weight is 432 g/mol. The highest BCUT2D eigenvalue weighted by Crippen LogP contribution is 2.20. The molecule has 0 radical (unpaired) electrons. The second-order valence-electron chi connectivity index (χ2n) is 7.31. The van der Waals surface area contributed by atoms with Gasteiger partial charge in [-0.1, -0.05) is 11.8 Å². The fraction of sp³-hybridized carbons (Fsp3) is 0.455. The van der Waals surface area contributed by atoms with Crippen LogP contribution >= 0.6 is 11.3 Å². The van der Waals surface area contributed by atoms with E-state index in [-0.39, 0.29) is 17.5 Å². The number of carboxylic acids is 1. The zero-order valence-electron chi connectivity index (χ0n) is 17.2. The van der Waals surface area contributed by atoms with Crippen LogP contribution in [0.5, 0.6) is 5.75 Å². The number of thiazole rings is 1. The molecule has 1 aromatic carbocycles. The maximum atomic E-state index is 14.3. The van der Waals surface area contributed by atoms with Crippen LogP contribution < -0.4 is 4.74 Å². The lowest BCUT2D eigenvalue weighted by molar-refractivity contribution is 0.0690. The van der Waals surface area contributed by atoms with Crippen molar-refractivity contribution in [3.63, 3.8) is 0 Å². The number of hydrogen-bond donors (Lipinski definition) is 1. The van der Waals surface area contributed by atoms with Crippen molar-refractivity contribution >= 4 is 17.3 Å². The third-order valence-electron chi connectivity index (χ3n) is 5.09. The maximum absolute atomic E-state index is 14.3. The normalized spacial score (nSPS) is 16.0. The zero-order chi connectivity index (χ0) is 21.5. The number of likely N-dealkylation sites (N-methyl/N-ethyl adjacent to an activating group) is 1. The number of aromatic carboxylic acids is 1. The van der Waals surface area contributed by atoms with Gasteiger partial charge in [0.2, 0.25) is 0 Å². The second kappa shape index (κ2) is 10.5. The number of benzene rings is 1. The molecular weight excluding hydrogens is 405 g/mol. The topological polar surface area (TPSA) is 65.9 Å². The minimum atomic E-state index is -1.03. The maximum Gasteiger partial charge on any atom is 0.355 e. The second-order valence-corrected chi connectivity index (χ2v) is 8.25. The summed E-state index contributed by atoms with van der Waals surface area (Å²) in [6.45, 7) is 6.41. The van der Waals surface area contributed by atoms with Gasteiger partial charge in [-0.05, 0) is 45.0 Å². The Labute approximate surface area is 180 Å². The van der Waals surface area contributed by atoms with Gasteiger partial charge >= 0.3 is 5.97 Å². The van der Waals surface area contributed by atoms with Gasteiger partial charge in [0.05, 0.1) is 18.2 Å². The van der Waals surface area contributed by atoms with Crippen LogP contribution in [0.4, 0.5) is 4.39 Å². The molecule has 0 bridgehead atoms. The van der Waals surface area contributed by atoms with Crippen molar-refractivity contribution in [3.05, 3.63) is 45.7 Å². The molecule has 0 aliphatic carbocycles. The minimum Gasteiger partial charge on any atom is -0.491 e. The minimum absolute atomic E-state index is 0.0832. The van der Waals surface area contributed by atoms with E-state index in [1.165, 1.54) is 22.9 Å². The molecular formula is C22H26FN3O3S. The van der Waals surface area contributed by atoms with Crippen molar-refractivity contribution in [2.24, 2.45) is 0 Å². The summed E-state index contributed by atoms with van der Waals surface area (Å²) in [5.74, 6) is 4.97. The molecule has 1 aliphatic rings. The monoisotopic (exact) mass is 431 g/mol. The first-order valence-electron chi connectivity index (χ1n) is 9.96. The third kappa shape index (κ3) is 6.02. The van der Waals surface area contributed by atoms with Gasteiger partial charge < -0.3 is 14.7 Å². The summed E-state index contributed by atoms with van der Waals surface area (Å²) in [5.41, 5.74) is 2.22. The number of aromatic nitrogens is 1. The van der Waals surface area contributed by atoms with E-state index in [0.717, 1.165) is 26.2 Å². The molecule has 160 valence electrons. The molecule has 1 unspecified atom stereocenters. The fourth-order valence-electron chi connectivity index (χ4n) is 3.22. The van der Waals surface area contributed by atoms with Crippen LogP contribution in [0.3, 0.4) is 0 Å². The molecule has 6 nitrogen and oxygen atoms in total. The summed E-state index contributed by atoms with van der Waals surface area (Å²) < 4.78 is 19.9. The number of piperazine rings is 1. The van der Waals surface area contributed by atoms with Crippen LogP contribution in [0.15, 0.2) is 23.7 Å². The molecule has 2 heterocycles. The van der Waals surface area contributed by atoms with Gasteiger partial charge in [-0.3, -0.25) is 4.90 Å². The van der Waals surface area contributed by atoms with Crippen LogP contribution in [0.25, 0.3) is 0 Å². The summed E-state index contributed by atoms with van der Waals surface area (Å²) in [4.78, 5) is 20.2. The fourth-order valence-corrected chi connectivity index (χ4v) is 4.02. The average Bonchev–Trinajstić information content (AvgIpc) is 3.20. The van der Waals surface area contributed by atoms with E-state index >= 15 is 0 Å². The SMILES string of the molecule is CC(C#Cc1ccc(OCCCc2scnc2C(=O)O)c(F)c1)N1CCN(C)CC1. The van der Waals surface area contributed by atoms with Gasteiger partial charge in [-0.25, -0.2) is 14.2 Å². The predicted molar refractivity (Wildman–Crippen MR) is 115 cm³/mol. The molecule has 0 spiro atoms. The molecule has 1 N–H and O–H groups in total. The Morgan fingerprint density at radius 1 is 1.37 bits per heavy atom. The number of nitrogens with zero attached hydrogens (tertiary/aromatic N) is 3. The summed E-state index contributed by atoms with van der Waals surface area (Å²) >= 11 is 1.30. The molecule has 0 amide bonds. The van der Waals surface area contributed by atoms with Gasteiger partial charge in [-0.15, -0.1) is 11.3 Å². The molecule has 1 saturated heterocycles. The van der Waals surface area contributed by atoms with E-state index in [1.54, 1.807) is 12.1 Å². The van der Waals surface area contributed by atoms with Crippen molar-refractivity contribution in [1.82, 2.24) is 14.8 Å². The Morgan fingerprint density at radius 3 is 2.83 bits per heavy atom. The van der Waals surface area contributed by atoms with Crippen LogP contribution in [-0.2, 0) is 6.42 Å². The molecule has 2 aromatic rings. The number of aryl methyl sites for hydroxylation is 1. The van der Waals surface area contributed by atoms with Crippen molar-refractivity contribution in [3.8, 4) is 17.6 Å². The Morgan fingerprint density at radius 2 is 2.13 bits per heavy atom. The van der Waals surface area contributed by atoms with Crippen LogP contribution in [0, 0.1) is 17.7 Å². The van der Waals surface area contributed by atoms with Crippen molar-refractivity contribution in [2.75, 3.05) is 39.8 Å². The van der Waals surface area contributed by atoms with Crippen molar-refractivity contribution in [2.45, 2.75) is 25.8 Å². The number of hydrogen-bond acceptors (Lipinski definition) is 6. The Balaban J connectivity index is 1.49. The number of carboxylic acid groups (broad SMARTS) is 1. The van der Waals surface area contributed by atoms with Crippen LogP contribution in [0.2, 0.25) is 0 Å². The Bertz CT molecular complexity index is 929. The highest BCUT2D eigenvalue weighted by molar-refractivity contribution is 7.09. The quantitative estimate of drug-likeness (QED) is 0.537. The van der Waals surface area contributed by atoms with Crippen LogP contribution in [0.1, 0.15) is 34.3 Å². The van der Waals surface area contributed by atoms with Gasteiger partial charge in [-0.2, -0.15) is 0 Å². The van der Waals surface area contributed by atoms with E-state index < -0.39 is 11.8 Å². The first-order valence-corrected chi connectivity index (χ1v) is 10.8. The highest BCUT2D eigenvalue weighted by Gasteiger charge is 2.17. The van der Waals surface area contributed by atoms with Crippen molar-refractivity contribution in [1.29, 1.82) is 0 Å². The molecule has 0 saturated carbocycles. The summed E-state index contributed by atoms with van der Waals surface area (Å²) in [6, 6.07) is 4.87. The molecule has 1 fully saturated rings. The molecule has 8 heteroatoms. The number of ether oxygens (including phenoxy) is 1. The molecule has 1 aromatic heterocycles.